The third kappa shape index (κ3) is 4.73. The van der Waals surface area contributed by atoms with Crippen LogP contribution in [0.5, 0.6) is 0 Å². The molecule has 0 aromatic carbocycles. The lowest BCUT2D eigenvalue weighted by Crippen LogP contribution is -2.41. The van der Waals surface area contributed by atoms with Crippen LogP contribution in [0.3, 0.4) is 0 Å². The molecule has 0 radical (unpaired) electrons. The predicted octanol–water partition coefficient (Wildman–Crippen LogP) is 6.54. The van der Waals surface area contributed by atoms with Gasteiger partial charge in [-0.3, -0.25) is 0 Å². The monoisotopic (exact) mass is 360 g/mol. The van der Waals surface area contributed by atoms with Gasteiger partial charge in [0.2, 0.25) is 0 Å². The van der Waals surface area contributed by atoms with Crippen LogP contribution in [0.2, 0.25) is 0 Å². The molecule has 0 amide bonds. The van der Waals surface area contributed by atoms with E-state index in [2.05, 4.69) is 20.4 Å². The average Bonchev–Trinajstić information content (AvgIpc) is 2.68. The van der Waals surface area contributed by atoms with Gasteiger partial charge >= 0.3 is 5.97 Å². The van der Waals surface area contributed by atoms with Crippen LogP contribution in [-0.4, -0.2) is 12.6 Å². The SMILES string of the molecule is C=CC(=O)OCC1(C2CCC(C3CCC(C)CC3)CC2)CCC(C)CC1. The fourth-order valence-corrected chi connectivity index (χ4v) is 6.24. The minimum absolute atomic E-state index is 0.243. The molecule has 3 fully saturated rings. The maximum atomic E-state index is 11.7. The standard InChI is InChI=1S/C24H40O2/c1-4-23(25)26-17-24(15-13-19(3)14-16-24)22-11-9-21(10-12-22)20-7-5-18(2)6-8-20/h4,18-22H,1,5-17H2,2-3H3. The third-order valence-corrected chi connectivity index (χ3v) is 8.30. The highest BCUT2D eigenvalue weighted by molar-refractivity contribution is 5.81. The summed E-state index contributed by atoms with van der Waals surface area (Å²) in [7, 11) is 0. The molecule has 3 saturated carbocycles. The first-order valence-electron chi connectivity index (χ1n) is 11.3. The van der Waals surface area contributed by atoms with Gasteiger partial charge < -0.3 is 4.74 Å². The first kappa shape index (κ1) is 20.0. The Morgan fingerprint density at radius 1 is 0.885 bits per heavy atom. The molecule has 2 nitrogen and oxygen atoms in total. The summed E-state index contributed by atoms with van der Waals surface area (Å²) >= 11 is 0. The van der Waals surface area contributed by atoms with Crippen molar-refractivity contribution in [1.29, 1.82) is 0 Å². The van der Waals surface area contributed by atoms with Gasteiger partial charge in [0.1, 0.15) is 0 Å². The number of hydrogen-bond acceptors (Lipinski definition) is 2. The smallest absolute Gasteiger partial charge is 0.330 e. The Balaban J connectivity index is 1.58. The van der Waals surface area contributed by atoms with Crippen molar-refractivity contribution < 1.29 is 9.53 Å². The van der Waals surface area contributed by atoms with E-state index in [1.165, 1.54) is 83.1 Å². The van der Waals surface area contributed by atoms with Gasteiger partial charge in [-0.15, -0.1) is 0 Å². The molecule has 0 aromatic heterocycles. The molecule has 0 saturated heterocycles. The van der Waals surface area contributed by atoms with E-state index in [1.807, 2.05) is 0 Å². The Morgan fingerprint density at radius 2 is 1.38 bits per heavy atom. The molecule has 3 aliphatic carbocycles. The Hall–Kier alpha value is -0.790. The summed E-state index contributed by atoms with van der Waals surface area (Å²) in [6.45, 7) is 8.99. The van der Waals surface area contributed by atoms with Crippen LogP contribution >= 0.6 is 0 Å². The Kier molecular flexibility index (Phi) is 6.86. The number of carbonyl (C=O) groups is 1. The highest BCUT2D eigenvalue weighted by Gasteiger charge is 2.44. The first-order chi connectivity index (χ1) is 12.5. The molecule has 0 aliphatic heterocycles. The molecular formula is C24H40O2. The lowest BCUT2D eigenvalue weighted by atomic mass is 9.58. The largest absolute Gasteiger partial charge is 0.462 e. The topological polar surface area (TPSA) is 26.3 Å². The Morgan fingerprint density at radius 3 is 1.92 bits per heavy atom. The lowest BCUT2D eigenvalue weighted by Gasteiger charge is -2.48. The molecule has 0 bridgehead atoms. The summed E-state index contributed by atoms with van der Waals surface area (Å²) in [4.78, 5) is 11.7. The zero-order valence-corrected chi connectivity index (χ0v) is 17.2. The van der Waals surface area contributed by atoms with Gasteiger partial charge in [-0.2, -0.15) is 0 Å². The minimum atomic E-state index is -0.243. The molecule has 3 rings (SSSR count). The van der Waals surface area contributed by atoms with Crippen molar-refractivity contribution in [2.24, 2.45) is 35.0 Å². The number of carbonyl (C=O) groups excluding carboxylic acids is 1. The van der Waals surface area contributed by atoms with Crippen molar-refractivity contribution in [1.82, 2.24) is 0 Å². The van der Waals surface area contributed by atoms with E-state index >= 15 is 0 Å². The van der Waals surface area contributed by atoms with Crippen LogP contribution in [0.1, 0.15) is 90.9 Å². The first-order valence-corrected chi connectivity index (χ1v) is 11.3. The van der Waals surface area contributed by atoms with E-state index in [4.69, 9.17) is 4.74 Å². The van der Waals surface area contributed by atoms with Crippen molar-refractivity contribution in [2.75, 3.05) is 6.61 Å². The summed E-state index contributed by atoms with van der Waals surface area (Å²) < 4.78 is 5.62. The second kappa shape index (κ2) is 8.93. The quantitative estimate of drug-likeness (QED) is 0.411. The minimum Gasteiger partial charge on any atom is -0.462 e. The van der Waals surface area contributed by atoms with E-state index in [9.17, 15) is 4.79 Å². The number of esters is 1. The molecule has 148 valence electrons. The van der Waals surface area contributed by atoms with E-state index in [0.717, 1.165) is 29.6 Å². The fourth-order valence-electron chi connectivity index (χ4n) is 6.24. The van der Waals surface area contributed by atoms with Crippen molar-refractivity contribution >= 4 is 5.97 Å². The third-order valence-electron chi connectivity index (χ3n) is 8.30. The molecule has 0 spiro atoms. The summed E-state index contributed by atoms with van der Waals surface area (Å²) in [5.74, 6) is 4.26. The van der Waals surface area contributed by atoms with Crippen LogP contribution in [0.25, 0.3) is 0 Å². The zero-order valence-electron chi connectivity index (χ0n) is 17.2. The van der Waals surface area contributed by atoms with E-state index in [1.54, 1.807) is 0 Å². The zero-order chi connectivity index (χ0) is 18.6. The molecule has 0 unspecified atom stereocenters. The summed E-state index contributed by atoms with van der Waals surface area (Å²) in [5, 5.41) is 0. The van der Waals surface area contributed by atoms with Crippen molar-refractivity contribution in [2.45, 2.75) is 90.9 Å². The fraction of sp³-hybridized carbons (Fsp3) is 0.875. The molecule has 0 aromatic rings. The van der Waals surface area contributed by atoms with Gasteiger partial charge in [0.25, 0.3) is 0 Å². The van der Waals surface area contributed by atoms with Gasteiger partial charge in [0.15, 0.2) is 0 Å². The number of rotatable bonds is 5. The second-order valence-electron chi connectivity index (χ2n) is 9.99. The molecule has 0 N–H and O–H groups in total. The highest BCUT2D eigenvalue weighted by Crippen LogP contribution is 2.52. The number of hydrogen-bond donors (Lipinski definition) is 0. The molecular weight excluding hydrogens is 320 g/mol. The molecule has 26 heavy (non-hydrogen) atoms. The van der Waals surface area contributed by atoms with Gasteiger partial charge in [-0.05, 0) is 81.0 Å². The maximum absolute atomic E-state index is 11.7. The Bertz CT molecular complexity index is 459. The van der Waals surface area contributed by atoms with Crippen LogP contribution < -0.4 is 0 Å². The van der Waals surface area contributed by atoms with Gasteiger partial charge in [-0.25, -0.2) is 4.79 Å². The Labute approximate surface area is 161 Å². The second-order valence-corrected chi connectivity index (χ2v) is 9.99. The molecule has 3 aliphatic rings. The molecule has 0 heterocycles. The average molecular weight is 361 g/mol. The van der Waals surface area contributed by atoms with Gasteiger partial charge in [-0.1, -0.05) is 46.1 Å². The van der Waals surface area contributed by atoms with Crippen LogP contribution in [0.15, 0.2) is 12.7 Å². The van der Waals surface area contributed by atoms with Crippen molar-refractivity contribution in [3.05, 3.63) is 12.7 Å². The van der Waals surface area contributed by atoms with Crippen molar-refractivity contribution in [3.8, 4) is 0 Å². The summed E-state index contributed by atoms with van der Waals surface area (Å²) in [6, 6.07) is 0. The molecule has 2 heteroatoms. The van der Waals surface area contributed by atoms with Crippen molar-refractivity contribution in [3.63, 3.8) is 0 Å². The van der Waals surface area contributed by atoms with Gasteiger partial charge in [0.05, 0.1) is 6.61 Å². The van der Waals surface area contributed by atoms with E-state index < -0.39 is 0 Å². The lowest BCUT2D eigenvalue weighted by molar-refractivity contribution is -0.145. The van der Waals surface area contributed by atoms with Crippen LogP contribution in [0.4, 0.5) is 0 Å². The van der Waals surface area contributed by atoms with E-state index in [0.29, 0.717) is 6.61 Å². The van der Waals surface area contributed by atoms with Crippen LogP contribution in [0, 0.1) is 35.0 Å². The van der Waals surface area contributed by atoms with Crippen LogP contribution in [-0.2, 0) is 9.53 Å². The predicted molar refractivity (Wildman–Crippen MR) is 108 cm³/mol. The summed E-state index contributed by atoms with van der Waals surface area (Å²) in [6.07, 6.45) is 17.8. The van der Waals surface area contributed by atoms with Gasteiger partial charge in [0, 0.05) is 11.5 Å². The maximum Gasteiger partial charge on any atom is 0.330 e. The molecule has 0 atom stereocenters. The highest BCUT2D eigenvalue weighted by atomic mass is 16.5. The number of ether oxygens (including phenoxy) is 1. The van der Waals surface area contributed by atoms with E-state index in [-0.39, 0.29) is 11.4 Å². The normalized spacial score (nSPS) is 41.4. The summed E-state index contributed by atoms with van der Waals surface area (Å²) in [5.41, 5.74) is 0.247.